The molecule has 0 spiro atoms. The van der Waals surface area contributed by atoms with Crippen molar-refractivity contribution in [3.8, 4) is 5.75 Å². The van der Waals surface area contributed by atoms with Gasteiger partial charge in [0.2, 0.25) is 0 Å². The van der Waals surface area contributed by atoms with Crippen LogP contribution in [0.15, 0.2) is 24.3 Å². The van der Waals surface area contributed by atoms with Crippen LogP contribution in [0.25, 0.3) is 0 Å². The molecule has 2 rings (SSSR count). The van der Waals surface area contributed by atoms with Crippen LogP contribution in [0.2, 0.25) is 0 Å². The molecule has 1 aliphatic rings. The monoisotopic (exact) mass is 291 g/mol. The minimum Gasteiger partial charge on any atom is -0.493 e. The molecule has 0 heterocycles. The number of hydrogen-bond donors (Lipinski definition) is 1. The summed E-state index contributed by atoms with van der Waals surface area (Å²) in [5.74, 6) is -0.0499. The first-order chi connectivity index (χ1) is 9.97. The van der Waals surface area contributed by atoms with Gasteiger partial charge < -0.3 is 14.7 Å². The molecule has 1 N–H and O–H groups in total. The quantitative estimate of drug-likeness (QED) is 0.837. The van der Waals surface area contributed by atoms with Crippen LogP contribution in [-0.4, -0.2) is 41.1 Å². The minimum absolute atomic E-state index is 0.0745. The third kappa shape index (κ3) is 4.48. The lowest BCUT2D eigenvalue weighted by atomic mass is 10.2. The standard InChI is InChI=1S/C16H21NO4/c1-11(2)10-21-14-7-3-12(4-8-14)16(20)17(9-15(18)19)13-5-6-13/h3-4,7-8,11,13H,5-6,9-10H2,1-2H3,(H,18,19). The van der Waals surface area contributed by atoms with E-state index in [2.05, 4.69) is 13.8 Å². The second kappa shape index (κ2) is 6.61. The summed E-state index contributed by atoms with van der Waals surface area (Å²) in [4.78, 5) is 24.7. The average molecular weight is 291 g/mol. The van der Waals surface area contributed by atoms with E-state index in [1.807, 2.05) is 0 Å². The highest BCUT2D eigenvalue weighted by atomic mass is 16.5. The second-order valence-corrected chi connectivity index (χ2v) is 5.79. The van der Waals surface area contributed by atoms with Crippen LogP contribution in [0.4, 0.5) is 0 Å². The summed E-state index contributed by atoms with van der Waals surface area (Å²) >= 11 is 0. The number of carboxylic acids is 1. The van der Waals surface area contributed by atoms with Gasteiger partial charge in [0.1, 0.15) is 12.3 Å². The number of rotatable bonds is 7. The number of ether oxygens (including phenoxy) is 1. The fraction of sp³-hybridized carbons (Fsp3) is 0.500. The van der Waals surface area contributed by atoms with Crippen LogP contribution in [-0.2, 0) is 4.79 Å². The number of hydrogen-bond acceptors (Lipinski definition) is 3. The Morgan fingerprint density at radius 2 is 1.90 bits per heavy atom. The number of carbonyl (C=O) groups excluding carboxylic acids is 1. The van der Waals surface area contributed by atoms with Gasteiger partial charge in [0.15, 0.2) is 0 Å². The molecule has 1 aliphatic carbocycles. The summed E-state index contributed by atoms with van der Waals surface area (Å²) in [6.45, 7) is 4.52. The van der Waals surface area contributed by atoms with Gasteiger partial charge in [0, 0.05) is 11.6 Å². The van der Waals surface area contributed by atoms with Gasteiger partial charge in [0.05, 0.1) is 6.61 Å². The van der Waals surface area contributed by atoms with Crippen molar-refractivity contribution in [3.63, 3.8) is 0 Å². The highest BCUT2D eigenvalue weighted by Crippen LogP contribution is 2.28. The van der Waals surface area contributed by atoms with Gasteiger partial charge >= 0.3 is 5.97 Å². The van der Waals surface area contributed by atoms with E-state index < -0.39 is 5.97 Å². The third-order valence-electron chi connectivity index (χ3n) is 3.24. The van der Waals surface area contributed by atoms with Crippen molar-refractivity contribution < 1.29 is 19.4 Å². The summed E-state index contributed by atoms with van der Waals surface area (Å²) in [5.41, 5.74) is 0.500. The Bertz CT molecular complexity index is 506. The maximum atomic E-state index is 12.4. The van der Waals surface area contributed by atoms with Crippen LogP contribution >= 0.6 is 0 Å². The molecular formula is C16H21NO4. The molecule has 1 amide bonds. The van der Waals surface area contributed by atoms with Crippen LogP contribution < -0.4 is 4.74 Å². The molecule has 0 aromatic heterocycles. The molecule has 1 aromatic rings. The molecule has 0 atom stereocenters. The second-order valence-electron chi connectivity index (χ2n) is 5.79. The van der Waals surface area contributed by atoms with Gasteiger partial charge in [-0.2, -0.15) is 0 Å². The molecule has 0 saturated heterocycles. The van der Waals surface area contributed by atoms with Gasteiger partial charge in [0.25, 0.3) is 5.91 Å². The zero-order valence-corrected chi connectivity index (χ0v) is 12.4. The highest BCUT2D eigenvalue weighted by Gasteiger charge is 2.34. The van der Waals surface area contributed by atoms with E-state index in [0.29, 0.717) is 18.1 Å². The average Bonchev–Trinajstić information content (AvgIpc) is 3.26. The molecule has 1 saturated carbocycles. The van der Waals surface area contributed by atoms with Crippen molar-refractivity contribution in [2.24, 2.45) is 5.92 Å². The third-order valence-corrected chi connectivity index (χ3v) is 3.24. The van der Waals surface area contributed by atoms with Crippen molar-refractivity contribution >= 4 is 11.9 Å². The Balaban J connectivity index is 2.02. The van der Waals surface area contributed by atoms with Gasteiger partial charge in [-0.15, -0.1) is 0 Å². The molecule has 0 unspecified atom stereocenters. The maximum Gasteiger partial charge on any atom is 0.323 e. The van der Waals surface area contributed by atoms with E-state index in [4.69, 9.17) is 9.84 Å². The number of carbonyl (C=O) groups is 2. The van der Waals surface area contributed by atoms with Gasteiger partial charge in [-0.25, -0.2) is 0 Å². The lowest BCUT2D eigenvalue weighted by Crippen LogP contribution is -2.37. The summed E-state index contributed by atoms with van der Waals surface area (Å²) in [5, 5.41) is 8.91. The topological polar surface area (TPSA) is 66.8 Å². The number of benzene rings is 1. The number of aliphatic carboxylic acids is 1. The molecule has 114 valence electrons. The Hall–Kier alpha value is -2.04. The van der Waals surface area contributed by atoms with E-state index >= 15 is 0 Å². The molecule has 0 bridgehead atoms. The van der Waals surface area contributed by atoms with E-state index in [1.54, 1.807) is 24.3 Å². The summed E-state index contributed by atoms with van der Waals surface area (Å²) in [6.07, 6.45) is 1.77. The minimum atomic E-state index is -0.980. The summed E-state index contributed by atoms with van der Waals surface area (Å²) < 4.78 is 5.57. The molecule has 0 radical (unpaired) electrons. The number of carboxylic acid groups (broad SMARTS) is 1. The van der Waals surface area contributed by atoms with E-state index in [-0.39, 0.29) is 18.5 Å². The molecule has 5 heteroatoms. The lowest BCUT2D eigenvalue weighted by molar-refractivity contribution is -0.137. The predicted molar refractivity (Wildman–Crippen MR) is 78.5 cm³/mol. The Kier molecular flexibility index (Phi) is 4.83. The van der Waals surface area contributed by atoms with Crippen LogP contribution in [0, 0.1) is 5.92 Å². The van der Waals surface area contributed by atoms with Crippen molar-refractivity contribution in [3.05, 3.63) is 29.8 Å². The molecule has 1 aromatic carbocycles. The van der Waals surface area contributed by atoms with Crippen molar-refractivity contribution in [1.29, 1.82) is 0 Å². The molecular weight excluding hydrogens is 270 g/mol. The van der Waals surface area contributed by atoms with Crippen molar-refractivity contribution in [1.82, 2.24) is 4.90 Å². The normalized spacial score (nSPS) is 14.0. The SMILES string of the molecule is CC(C)COc1ccc(C(=O)N(CC(=O)O)C2CC2)cc1. The van der Waals surface area contributed by atoms with E-state index in [9.17, 15) is 9.59 Å². The lowest BCUT2D eigenvalue weighted by Gasteiger charge is -2.20. The van der Waals surface area contributed by atoms with Gasteiger partial charge in [-0.1, -0.05) is 13.8 Å². The first kappa shape index (κ1) is 15.4. The molecule has 0 aliphatic heterocycles. The van der Waals surface area contributed by atoms with Crippen molar-refractivity contribution in [2.75, 3.05) is 13.2 Å². The fourth-order valence-corrected chi connectivity index (χ4v) is 2.02. The zero-order valence-electron chi connectivity index (χ0n) is 12.4. The Morgan fingerprint density at radius 1 is 1.29 bits per heavy atom. The predicted octanol–water partition coefficient (Wildman–Crippen LogP) is 2.41. The molecule has 1 fully saturated rings. The van der Waals surface area contributed by atoms with Crippen LogP contribution in [0.5, 0.6) is 5.75 Å². The van der Waals surface area contributed by atoms with E-state index in [1.165, 1.54) is 4.90 Å². The van der Waals surface area contributed by atoms with Gasteiger partial charge in [-0.3, -0.25) is 9.59 Å². The first-order valence-electron chi connectivity index (χ1n) is 7.23. The largest absolute Gasteiger partial charge is 0.493 e. The maximum absolute atomic E-state index is 12.4. The smallest absolute Gasteiger partial charge is 0.323 e. The first-order valence-corrected chi connectivity index (χ1v) is 7.23. The number of amides is 1. The highest BCUT2D eigenvalue weighted by molar-refractivity contribution is 5.96. The van der Waals surface area contributed by atoms with Crippen molar-refractivity contribution in [2.45, 2.75) is 32.7 Å². The Labute approximate surface area is 124 Å². The van der Waals surface area contributed by atoms with Crippen LogP contribution in [0.1, 0.15) is 37.0 Å². The fourth-order valence-electron chi connectivity index (χ4n) is 2.02. The Morgan fingerprint density at radius 3 is 2.38 bits per heavy atom. The summed E-state index contributed by atoms with van der Waals surface area (Å²) in [7, 11) is 0. The zero-order chi connectivity index (χ0) is 15.4. The molecule has 21 heavy (non-hydrogen) atoms. The van der Waals surface area contributed by atoms with Crippen LogP contribution in [0.3, 0.4) is 0 Å². The summed E-state index contributed by atoms with van der Waals surface area (Å²) in [6, 6.07) is 6.96. The number of nitrogens with zero attached hydrogens (tertiary/aromatic N) is 1. The van der Waals surface area contributed by atoms with E-state index in [0.717, 1.165) is 18.6 Å². The van der Waals surface area contributed by atoms with Gasteiger partial charge in [-0.05, 0) is 43.0 Å². The molecule has 5 nitrogen and oxygen atoms in total.